The first kappa shape index (κ1) is 24.2. The number of carbonyl (C=O) groups is 2. The van der Waals surface area contributed by atoms with Crippen LogP contribution in [0.25, 0.3) is 0 Å². The summed E-state index contributed by atoms with van der Waals surface area (Å²) in [5, 5.41) is 0. The van der Waals surface area contributed by atoms with Gasteiger partial charge in [-0.05, 0) is 36.8 Å². The van der Waals surface area contributed by atoms with Crippen LogP contribution in [0.2, 0.25) is 0 Å². The molecule has 1 aromatic rings. The summed E-state index contributed by atoms with van der Waals surface area (Å²) in [6, 6.07) is 6.72. The predicted octanol–water partition coefficient (Wildman–Crippen LogP) is 6.43. The highest BCUT2D eigenvalue weighted by atomic mass is 16.5. The van der Waals surface area contributed by atoms with E-state index in [1.54, 1.807) is 24.3 Å². The first-order valence-electron chi connectivity index (χ1n) is 10.9. The van der Waals surface area contributed by atoms with Crippen molar-refractivity contribution in [2.45, 2.75) is 79.1 Å². The molecule has 1 atom stereocenters. The molecule has 1 rings (SSSR count). The number of rotatable bonds is 14. The second-order valence-electron chi connectivity index (χ2n) is 8.12. The molecule has 0 amide bonds. The summed E-state index contributed by atoms with van der Waals surface area (Å²) in [6.45, 7) is 9.42. The van der Waals surface area contributed by atoms with E-state index in [9.17, 15) is 9.59 Å². The minimum atomic E-state index is -0.458. The molecule has 28 heavy (non-hydrogen) atoms. The Kier molecular flexibility index (Phi) is 12.3. The third kappa shape index (κ3) is 9.91. The molecule has 0 heterocycles. The van der Waals surface area contributed by atoms with E-state index in [0.29, 0.717) is 19.1 Å². The van der Waals surface area contributed by atoms with Crippen molar-refractivity contribution in [3.05, 3.63) is 35.4 Å². The molecule has 0 bridgehead atoms. The fraction of sp³-hybridized carbons (Fsp3) is 0.667. The largest absolute Gasteiger partial charge is 0.462 e. The van der Waals surface area contributed by atoms with Crippen LogP contribution in [-0.4, -0.2) is 25.2 Å². The van der Waals surface area contributed by atoms with Crippen molar-refractivity contribution in [1.82, 2.24) is 0 Å². The van der Waals surface area contributed by atoms with Crippen molar-refractivity contribution in [1.29, 1.82) is 0 Å². The molecule has 4 heteroatoms. The second kappa shape index (κ2) is 14.2. The first-order chi connectivity index (χ1) is 13.5. The van der Waals surface area contributed by atoms with Crippen LogP contribution in [0.4, 0.5) is 0 Å². The standard InChI is InChI=1S/C24H38O4/c1-5-13-20(4)18-28-24(26)22-16-11-10-15-21(22)23(25)27-17-12-8-6-7-9-14-19(2)3/h10-11,15-16,19-20H,5-9,12-14,17-18H2,1-4H3/t20-/m0/s1. The molecule has 4 nitrogen and oxygen atoms in total. The third-order valence-electron chi connectivity index (χ3n) is 4.81. The van der Waals surface area contributed by atoms with Crippen LogP contribution < -0.4 is 0 Å². The van der Waals surface area contributed by atoms with Gasteiger partial charge in [-0.25, -0.2) is 9.59 Å². The number of ether oxygens (including phenoxy) is 2. The van der Waals surface area contributed by atoms with Crippen LogP contribution in [0.15, 0.2) is 24.3 Å². The van der Waals surface area contributed by atoms with E-state index in [1.807, 2.05) is 0 Å². The van der Waals surface area contributed by atoms with Gasteiger partial charge < -0.3 is 9.47 Å². The molecule has 158 valence electrons. The molecule has 0 aliphatic heterocycles. The number of hydrogen-bond donors (Lipinski definition) is 0. The average Bonchev–Trinajstić information content (AvgIpc) is 2.68. The fourth-order valence-corrected chi connectivity index (χ4v) is 3.14. The predicted molar refractivity (Wildman–Crippen MR) is 114 cm³/mol. The monoisotopic (exact) mass is 390 g/mol. The molecule has 0 aromatic heterocycles. The average molecular weight is 391 g/mol. The summed E-state index contributed by atoms with van der Waals surface area (Å²) < 4.78 is 10.8. The molecule has 0 fully saturated rings. The smallest absolute Gasteiger partial charge is 0.339 e. The summed E-state index contributed by atoms with van der Waals surface area (Å²) in [5.74, 6) is 0.172. The van der Waals surface area contributed by atoms with E-state index < -0.39 is 11.9 Å². The van der Waals surface area contributed by atoms with Gasteiger partial charge in [0, 0.05) is 0 Å². The number of benzene rings is 1. The maximum absolute atomic E-state index is 12.4. The van der Waals surface area contributed by atoms with Gasteiger partial charge >= 0.3 is 11.9 Å². The van der Waals surface area contributed by atoms with E-state index in [4.69, 9.17) is 9.47 Å². The Balaban J connectivity index is 2.39. The SMILES string of the molecule is CCC[C@H](C)COC(=O)c1ccccc1C(=O)OCCCCCCCC(C)C. The van der Waals surface area contributed by atoms with Crippen LogP contribution in [0.1, 0.15) is 99.8 Å². The van der Waals surface area contributed by atoms with E-state index >= 15 is 0 Å². The number of esters is 2. The molecule has 0 spiro atoms. The molecule has 0 aliphatic carbocycles. The molecular formula is C24H38O4. The molecule has 0 unspecified atom stereocenters. The Morgan fingerprint density at radius 2 is 1.39 bits per heavy atom. The van der Waals surface area contributed by atoms with Crippen molar-refractivity contribution in [3.8, 4) is 0 Å². The molecule has 0 N–H and O–H groups in total. The Labute approximate surface area is 171 Å². The minimum absolute atomic E-state index is 0.282. The Hall–Kier alpha value is -1.84. The van der Waals surface area contributed by atoms with Crippen molar-refractivity contribution >= 4 is 11.9 Å². The van der Waals surface area contributed by atoms with Crippen LogP contribution in [0, 0.1) is 11.8 Å². The summed E-state index contributed by atoms with van der Waals surface area (Å²) in [4.78, 5) is 24.8. The van der Waals surface area contributed by atoms with E-state index in [1.165, 1.54) is 25.7 Å². The minimum Gasteiger partial charge on any atom is -0.462 e. The number of carbonyl (C=O) groups excluding carboxylic acids is 2. The Morgan fingerprint density at radius 1 is 0.821 bits per heavy atom. The van der Waals surface area contributed by atoms with E-state index in [2.05, 4.69) is 27.7 Å². The van der Waals surface area contributed by atoms with E-state index in [0.717, 1.165) is 31.6 Å². The highest BCUT2D eigenvalue weighted by Crippen LogP contribution is 2.15. The molecule has 0 saturated carbocycles. The van der Waals surface area contributed by atoms with Crippen LogP contribution in [0.3, 0.4) is 0 Å². The van der Waals surface area contributed by atoms with Gasteiger partial charge in [-0.3, -0.25) is 0 Å². The maximum atomic E-state index is 12.4. The summed E-state index contributed by atoms with van der Waals surface area (Å²) in [5.41, 5.74) is 0.567. The van der Waals surface area contributed by atoms with Crippen molar-refractivity contribution < 1.29 is 19.1 Å². The molecule has 0 aliphatic rings. The summed E-state index contributed by atoms with van der Waals surface area (Å²) in [6.07, 6.45) is 8.93. The molecule has 0 saturated heterocycles. The molecular weight excluding hydrogens is 352 g/mol. The van der Waals surface area contributed by atoms with Gasteiger partial charge in [-0.15, -0.1) is 0 Å². The quantitative estimate of drug-likeness (QED) is 0.271. The van der Waals surface area contributed by atoms with Crippen molar-refractivity contribution in [3.63, 3.8) is 0 Å². The van der Waals surface area contributed by atoms with Gasteiger partial charge in [0.15, 0.2) is 0 Å². The maximum Gasteiger partial charge on any atom is 0.339 e. The van der Waals surface area contributed by atoms with Gasteiger partial charge in [-0.1, -0.05) is 78.4 Å². The summed E-state index contributed by atoms with van der Waals surface area (Å²) >= 11 is 0. The van der Waals surface area contributed by atoms with Crippen molar-refractivity contribution in [2.75, 3.05) is 13.2 Å². The van der Waals surface area contributed by atoms with Crippen LogP contribution in [-0.2, 0) is 9.47 Å². The van der Waals surface area contributed by atoms with Gasteiger partial charge in [0.25, 0.3) is 0 Å². The topological polar surface area (TPSA) is 52.6 Å². The Morgan fingerprint density at radius 3 is 2.00 bits per heavy atom. The second-order valence-corrected chi connectivity index (χ2v) is 8.12. The molecule has 0 radical (unpaired) electrons. The van der Waals surface area contributed by atoms with Crippen LogP contribution >= 0.6 is 0 Å². The highest BCUT2D eigenvalue weighted by molar-refractivity contribution is 6.03. The van der Waals surface area contributed by atoms with Crippen molar-refractivity contribution in [2.24, 2.45) is 11.8 Å². The zero-order valence-electron chi connectivity index (χ0n) is 18.2. The van der Waals surface area contributed by atoms with Gasteiger partial charge in [-0.2, -0.15) is 0 Å². The fourth-order valence-electron chi connectivity index (χ4n) is 3.14. The lowest BCUT2D eigenvalue weighted by molar-refractivity contribution is 0.0416. The number of hydrogen-bond acceptors (Lipinski definition) is 4. The third-order valence-corrected chi connectivity index (χ3v) is 4.81. The number of unbranched alkanes of at least 4 members (excludes halogenated alkanes) is 4. The van der Waals surface area contributed by atoms with E-state index in [-0.39, 0.29) is 11.1 Å². The normalized spacial score (nSPS) is 12.0. The lowest BCUT2D eigenvalue weighted by atomic mass is 10.0. The lowest BCUT2D eigenvalue weighted by Crippen LogP contribution is -2.17. The first-order valence-corrected chi connectivity index (χ1v) is 10.9. The summed E-state index contributed by atoms with van der Waals surface area (Å²) in [7, 11) is 0. The van der Waals surface area contributed by atoms with Gasteiger partial charge in [0.05, 0.1) is 24.3 Å². The highest BCUT2D eigenvalue weighted by Gasteiger charge is 2.19. The Bertz CT molecular complexity index is 580. The lowest BCUT2D eigenvalue weighted by Gasteiger charge is -2.13. The van der Waals surface area contributed by atoms with Gasteiger partial charge in [0.2, 0.25) is 0 Å². The molecule has 1 aromatic carbocycles. The zero-order chi connectivity index (χ0) is 20.8. The zero-order valence-corrected chi connectivity index (χ0v) is 18.2. The van der Waals surface area contributed by atoms with Crippen LogP contribution in [0.5, 0.6) is 0 Å². The van der Waals surface area contributed by atoms with Gasteiger partial charge in [0.1, 0.15) is 0 Å².